The minimum atomic E-state index is -0.350. The fraction of sp³-hybridized carbons (Fsp3) is 0.478. The Hall–Kier alpha value is -1.78. The van der Waals surface area contributed by atoms with Crippen LogP contribution in [0.2, 0.25) is 0 Å². The largest absolute Gasteiger partial charge is 0.497 e. The summed E-state index contributed by atoms with van der Waals surface area (Å²) in [6, 6.07) is 11.0. The number of alkyl halides is 1. The second-order valence-electron chi connectivity index (χ2n) is 7.43. The van der Waals surface area contributed by atoms with E-state index in [4.69, 9.17) is 9.47 Å². The fourth-order valence-electron chi connectivity index (χ4n) is 4.62. The highest BCUT2D eigenvalue weighted by Gasteiger charge is 2.35. The lowest BCUT2D eigenvalue weighted by Crippen LogP contribution is -2.38. The number of methoxy groups -OCH3 is 1. The zero-order valence-electron chi connectivity index (χ0n) is 16.7. The molecule has 0 radical (unpaired) electrons. The molecule has 0 spiro atoms. The van der Waals surface area contributed by atoms with E-state index in [9.17, 15) is 4.39 Å². The van der Waals surface area contributed by atoms with Gasteiger partial charge in [0.2, 0.25) is 0 Å². The van der Waals surface area contributed by atoms with Gasteiger partial charge < -0.3 is 9.47 Å². The first kappa shape index (κ1) is 20.9. The molecule has 1 heterocycles. The SMILES string of the molecule is CCCN1CCc2cc(OC)cc3c2[C@H]1Cc1cccc(OCCCF)c1-3.Cl. The molecule has 4 rings (SSSR count). The standard InChI is InChI=1S/C23H28FNO2.ClH/c1-3-10-25-11-8-17-13-18(26-2)15-19-22(17)20(25)14-16-6-4-7-21(23(16)19)27-12-5-9-24;/h4,6-7,13,15,20H,3,5,8-12,14H2,1-2H3;1H/t20-;/m1./s1. The molecule has 28 heavy (non-hydrogen) atoms. The van der Waals surface area contributed by atoms with Crippen LogP contribution in [-0.2, 0) is 12.8 Å². The van der Waals surface area contributed by atoms with Crippen LogP contribution in [0.15, 0.2) is 30.3 Å². The molecule has 0 amide bonds. The summed E-state index contributed by atoms with van der Waals surface area (Å²) >= 11 is 0. The highest BCUT2D eigenvalue weighted by Crippen LogP contribution is 2.49. The minimum Gasteiger partial charge on any atom is -0.497 e. The number of benzene rings is 2. The summed E-state index contributed by atoms with van der Waals surface area (Å²) in [4.78, 5) is 2.62. The van der Waals surface area contributed by atoms with Crippen molar-refractivity contribution >= 4 is 12.4 Å². The molecule has 2 aliphatic rings. The number of hydrogen-bond acceptors (Lipinski definition) is 3. The molecular weight excluding hydrogens is 377 g/mol. The van der Waals surface area contributed by atoms with Crippen LogP contribution < -0.4 is 9.47 Å². The third-order valence-corrected chi connectivity index (χ3v) is 5.76. The summed E-state index contributed by atoms with van der Waals surface area (Å²) in [6.07, 6.45) is 3.64. The molecule has 0 fully saturated rings. The van der Waals surface area contributed by atoms with Gasteiger partial charge in [-0.2, -0.15) is 0 Å². The molecule has 0 unspecified atom stereocenters. The Labute approximate surface area is 173 Å². The molecule has 3 nitrogen and oxygen atoms in total. The Kier molecular flexibility index (Phi) is 6.84. The number of halogens is 2. The van der Waals surface area contributed by atoms with Gasteiger partial charge in [-0.05, 0) is 66.3 Å². The Morgan fingerprint density at radius 2 is 2.07 bits per heavy atom. The summed E-state index contributed by atoms with van der Waals surface area (Å²) in [5, 5.41) is 0. The maximum Gasteiger partial charge on any atom is 0.127 e. The van der Waals surface area contributed by atoms with Crippen LogP contribution in [0.5, 0.6) is 11.5 Å². The molecule has 1 aliphatic carbocycles. The molecule has 2 aromatic rings. The normalized spacial score (nSPS) is 17.3. The molecule has 5 heteroatoms. The average molecular weight is 406 g/mol. The smallest absolute Gasteiger partial charge is 0.127 e. The van der Waals surface area contributed by atoms with E-state index in [1.54, 1.807) is 7.11 Å². The van der Waals surface area contributed by atoms with Crippen molar-refractivity contribution in [3.63, 3.8) is 0 Å². The van der Waals surface area contributed by atoms with E-state index in [0.29, 0.717) is 19.1 Å². The highest BCUT2D eigenvalue weighted by molar-refractivity contribution is 5.85. The predicted octanol–water partition coefficient (Wildman–Crippen LogP) is 5.39. The molecule has 0 aromatic heterocycles. The fourth-order valence-corrected chi connectivity index (χ4v) is 4.62. The summed E-state index contributed by atoms with van der Waals surface area (Å²) in [6.45, 7) is 4.53. The maximum atomic E-state index is 12.5. The molecule has 0 N–H and O–H groups in total. The Morgan fingerprint density at radius 3 is 2.82 bits per heavy atom. The Bertz CT molecular complexity index is 826. The van der Waals surface area contributed by atoms with Gasteiger partial charge in [0.05, 0.1) is 20.4 Å². The van der Waals surface area contributed by atoms with Crippen molar-refractivity contribution in [3.8, 4) is 22.6 Å². The van der Waals surface area contributed by atoms with E-state index in [1.165, 1.54) is 27.8 Å². The van der Waals surface area contributed by atoms with Crippen LogP contribution >= 0.6 is 12.4 Å². The topological polar surface area (TPSA) is 21.7 Å². The second-order valence-corrected chi connectivity index (χ2v) is 7.43. The lowest BCUT2D eigenvalue weighted by Gasteiger charge is -2.42. The number of rotatable bonds is 7. The lowest BCUT2D eigenvalue weighted by molar-refractivity contribution is 0.182. The van der Waals surface area contributed by atoms with E-state index in [2.05, 4.69) is 36.1 Å². The molecule has 1 atom stereocenters. The van der Waals surface area contributed by atoms with Gasteiger partial charge in [-0.3, -0.25) is 9.29 Å². The van der Waals surface area contributed by atoms with E-state index < -0.39 is 0 Å². The average Bonchev–Trinajstić information content (AvgIpc) is 2.70. The minimum absolute atomic E-state index is 0. The monoisotopic (exact) mass is 405 g/mol. The first-order valence-electron chi connectivity index (χ1n) is 10.0. The van der Waals surface area contributed by atoms with Crippen molar-refractivity contribution in [1.29, 1.82) is 0 Å². The third kappa shape index (κ3) is 3.72. The van der Waals surface area contributed by atoms with E-state index in [1.807, 2.05) is 6.07 Å². The summed E-state index contributed by atoms with van der Waals surface area (Å²) < 4.78 is 24.1. The maximum absolute atomic E-state index is 12.5. The highest BCUT2D eigenvalue weighted by atomic mass is 35.5. The van der Waals surface area contributed by atoms with Gasteiger partial charge in [0.25, 0.3) is 0 Å². The number of ether oxygens (including phenoxy) is 2. The third-order valence-electron chi connectivity index (χ3n) is 5.76. The molecule has 0 saturated heterocycles. The molecule has 1 aliphatic heterocycles. The van der Waals surface area contributed by atoms with Crippen LogP contribution in [0.25, 0.3) is 11.1 Å². The lowest BCUT2D eigenvalue weighted by atomic mass is 9.76. The first-order valence-corrected chi connectivity index (χ1v) is 10.0. The Balaban J connectivity index is 0.00000225. The summed E-state index contributed by atoms with van der Waals surface area (Å²) in [7, 11) is 1.73. The van der Waals surface area contributed by atoms with Crippen molar-refractivity contribution in [2.75, 3.05) is 33.5 Å². The van der Waals surface area contributed by atoms with Gasteiger partial charge in [0, 0.05) is 24.6 Å². The van der Waals surface area contributed by atoms with Crippen molar-refractivity contribution < 1.29 is 13.9 Å². The van der Waals surface area contributed by atoms with Crippen molar-refractivity contribution in [3.05, 3.63) is 47.0 Å². The molecule has 152 valence electrons. The molecule has 2 aromatic carbocycles. The van der Waals surface area contributed by atoms with Gasteiger partial charge in [0.1, 0.15) is 11.5 Å². The van der Waals surface area contributed by atoms with Crippen molar-refractivity contribution in [1.82, 2.24) is 4.90 Å². The molecular formula is C23H29ClFNO2. The van der Waals surface area contributed by atoms with Crippen LogP contribution in [-0.4, -0.2) is 38.4 Å². The van der Waals surface area contributed by atoms with E-state index >= 15 is 0 Å². The van der Waals surface area contributed by atoms with Gasteiger partial charge >= 0.3 is 0 Å². The summed E-state index contributed by atoms with van der Waals surface area (Å²) in [5.74, 6) is 1.76. The van der Waals surface area contributed by atoms with Crippen LogP contribution in [0.4, 0.5) is 4.39 Å². The van der Waals surface area contributed by atoms with Crippen molar-refractivity contribution in [2.45, 2.75) is 38.6 Å². The number of fused-ring (bicyclic) bond motifs is 2. The van der Waals surface area contributed by atoms with E-state index in [0.717, 1.165) is 43.9 Å². The van der Waals surface area contributed by atoms with Crippen LogP contribution in [0, 0.1) is 0 Å². The zero-order chi connectivity index (χ0) is 18.8. The van der Waals surface area contributed by atoms with Gasteiger partial charge in [-0.25, -0.2) is 0 Å². The van der Waals surface area contributed by atoms with Crippen LogP contribution in [0.3, 0.4) is 0 Å². The zero-order valence-corrected chi connectivity index (χ0v) is 17.5. The van der Waals surface area contributed by atoms with Gasteiger partial charge in [0.15, 0.2) is 0 Å². The van der Waals surface area contributed by atoms with Gasteiger partial charge in [-0.1, -0.05) is 19.1 Å². The quantitative estimate of drug-likeness (QED) is 0.576. The second kappa shape index (κ2) is 9.15. The summed E-state index contributed by atoms with van der Waals surface area (Å²) in [5.41, 5.74) is 6.54. The predicted molar refractivity (Wildman–Crippen MR) is 114 cm³/mol. The number of hydrogen-bond donors (Lipinski definition) is 0. The van der Waals surface area contributed by atoms with E-state index in [-0.39, 0.29) is 19.1 Å². The Morgan fingerprint density at radius 1 is 1.21 bits per heavy atom. The number of nitrogens with zero attached hydrogens (tertiary/aromatic N) is 1. The van der Waals surface area contributed by atoms with Crippen molar-refractivity contribution in [2.24, 2.45) is 0 Å². The van der Waals surface area contributed by atoms with Crippen LogP contribution in [0.1, 0.15) is 42.5 Å². The molecule has 0 bridgehead atoms. The first-order chi connectivity index (χ1) is 13.3. The molecule has 0 saturated carbocycles. The van der Waals surface area contributed by atoms with Gasteiger partial charge in [-0.15, -0.1) is 12.4 Å².